The number of likely N-dealkylation sites (tertiary alicyclic amines) is 2. The molecule has 2 amide bonds. The van der Waals surface area contributed by atoms with Crippen molar-refractivity contribution in [1.29, 1.82) is 0 Å². The largest absolute Gasteiger partial charge is 0.420 e. The Balaban J connectivity index is 1.31. The van der Waals surface area contributed by atoms with Gasteiger partial charge in [0.1, 0.15) is 6.04 Å². The van der Waals surface area contributed by atoms with Gasteiger partial charge in [0, 0.05) is 29.4 Å². The number of benzene rings is 1. The van der Waals surface area contributed by atoms with E-state index in [0.29, 0.717) is 22.7 Å². The number of carbonyl (C=O) groups is 2. The van der Waals surface area contributed by atoms with Crippen molar-refractivity contribution in [2.75, 3.05) is 13.1 Å². The van der Waals surface area contributed by atoms with E-state index in [-0.39, 0.29) is 24.3 Å². The number of hydrogen-bond acceptors (Lipinski definition) is 4. The Labute approximate surface area is 190 Å². The van der Waals surface area contributed by atoms with Crippen LogP contribution in [0.25, 0.3) is 10.9 Å². The summed E-state index contributed by atoms with van der Waals surface area (Å²) in [4.78, 5) is 28.8. The molecular formula is C21H21ClF4N4O3. The number of halogens is 5. The molecule has 2 aliphatic heterocycles. The number of piperidine rings is 2. The smallest absolute Gasteiger partial charge is 0.378 e. The zero-order chi connectivity index (χ0) is 23.7. The van der Waals surface area contributed by atoms with Crippen LogP contribution in [0.1, 0.15) is 25.0 Å². The van der Waals surface area contributed by atoms with E-state index in [0.717, 1.165) is 16.7 Å². The molecular weight excluding hydrogens is 468 g/mol. The standard InChI is InChI=1S/C21H21ClF4N4O3/c22-11-1-2-12-13(7-11)27-28-14(12)8-18(31)30-15-5-10(15)6-16(30)19(32)29-4-3-20(33,17(23)9-29)21(24,25)26/h1-2,7,10,15-17,33H,3-6,8-9H2,(H,27,28)/t10-,15-,16-,17-,20-/m1/s1. The first-order valence-electron chi connectivity index (χ1n) is 10.6. The molecule has 5 rings (SSSR count). The van der Waals surface area contributed by atoms with Gasteiger partial charge < -0.3 is 14.9 Å². The van der Waals surface area contributed by atoms with E-state index in [2.05, 4.69) is 10.2 Å². The average molecular weight is 489 g/mol. The Morgan fingerprint density at radius 2 is 2.06 bits per heavy atom. The van der Waals surface area contributed by atoms with Crippen LogP contribution in [0, 0.1) is 5.92 Å². The van der Waals surface area contributed by atoms with Crippen LogP contribution >= 0.6 is 11.6 Å². The summed E-state index contributed by atoms with van der Waals surface area (Å²) >= 11 is 5.97. The number of hydrogen-bond donors (Lipinski definition) is 2. The molecule has 1 saturated carbocycles. The van der Waals surface area contributed by atoms with Crippen molar-refractivity contribution in [1.82, 2.24) is 20.0 Å². The zero-order valence-electron chi connectivity index (χ0n) is 17.3. The topological polar surface area (TPSA) is 89.5 Å². The van der Waals surface area contributed by atoms with E-state index in [1.807, 2.05) is 0 Å². The molecule has 1 aromatic carbocycles. The highest BCUT2D eigenvalue weighted by atomic mass is 35.5. The Hall–Kier alpha value is -2.40. The third kappa shape index (κ3) is 3.65. The number of aromatic amines is 1. The molecule has 12 heteroatoms. The van der Waals surface area contributed by atoms with Crippen LogP contribution in [-0.2, 0) is 16.0 Å². The summed E-state index contributed by atoms with van der Waals surface area (Å²) in [6.45, 7) is -1.30. The van der Waals surface area contributed by atoms with Crippen molar-refractivity contribution >= 4 is 34.3 Å². The Morgan fingerprint density at radius 3 is 2.76 bits per heavy atom. The number of aliphatic hydroxyl groups is 1. The van der Waals surface area contributed by atoms with Crippen molar-refractivity contribution in [3.8, 4) is 0 Å². The van der Waals surface area contributed by atoms with Crippen LogP contribution in [0.3, 0.4) is 0 Å². The van der Waals surface area contributed by atoms with Crippen LogP contribution in [0.2, 0.25) is 5.02 Å². The minimum atomic E-state index is -5.13. The SMILES string of the molecule is O=C([C@H]1C[C@H]2C[C@H]2N1C(=O)Cc1[nH]nc2cc(Cl)ccc12)N1CC[C@](O)(C(F)(F)F)[C@H](F)C1. The zero-order valence-corrected chi connectivity index (χ0v) is 18.0. The highest BCUT2D eigenvalue weighted by Crippen LogP contribution is 2.49. The highest BCUT2D eigenvalue weighted by Gasteiger charge is 2.62. The first kappa shape index (κ1) is 22.4. The highest BCUT2D eigenvalue weighted by molar-refractivity contribution is 6.31. The monoisotopic (exact) mass is 488 g/mol. The van der Waals surface area contributed by atoms with Gasteiger partial charge in [-0.2, -0.15) is 18.3 Å². The van der Waals surface area contributed by atoms with Gasteiger partial charge in [0.15, 0.2) is 11.8 Å². The maximum Gasteiger partial charge on any atom is 0.420 e. The second-order valence-corrected chi connectivity index (χ2v) is 9.52. The molecule has 0 bridgehead atoms. The van der Waals surface area contributed by atoms with Gasteiger partial charge in [-0.3, -0.25) is 14.7 Å². The molecule has 5 atom stereocenters. The van der Waals surface area contributed by atoms with Crippen molar-refractivity contribution in [3.05, 3.63) is 28.9 Å². The fourth-order valence-electron chi connectivity index (χ4n) is 5.08. The normalized spacial score (nSPS) is 31.7. The van der Waals surface area contributed by atoms with E-state index in [4.69, 9.17) is 11.6 Å². The predicted molar refractivity (Wildman–Crippen MR) is 109 cm³/mol. The van der Waals surface area contributed by atoms with E-state index < -0.39 is 49.4 Å². The third-order valence-corrected chi connectivity index (χ3v) is 7.30. The van der Waals surface area contributed by atoms with Gasteiger partial charge >= 0.3 is 6.18 Å². The number of H-pyrrole nitrogens is 1. The molecule has 33 heavy (non-hydrogen) atoms. The van der Waals surface area contributed by atoms with Gasteiger partial charge in [-0.25, -0.2) is 4.39 Å². The number of fused-ring (bicyclic) bond motifs is 2. The van der Waals surface area contributed by atoms with Crippen molar-refractivity contribution in [2.24, 2.45) is 5.92 Å². The van der Waals surface area contributed by atoms with E-state index in [9.17, 15) is 32.3 Å². The maximum atomic E-state index is 14.3. The molecule has 0 spiro atoms. The molecule has 3 fully saturated rings. The first-order valence-corrected chi connectivity index (χ1v) is 11.0. The summed E-state index contributed by atoms with van der Waals surface area (Å²) in [6, 6.07) is 4.13. The van der Waals surface area contributed by atoms with Gasteiger partial charge in [0.2, 0.25) is 11.8 Å². The van der Waals surface area contributed by atoms with Crippen molar-refractivity contribution < 1.29 is 32.3 Å². The number of nitrogens with zero attached hydrogens (tertiary/aromatic N) is 3. The Bertz CT molecular complexity index is 1120. The summed E-state index contributed by atoms with van der Waals surface area (Å²) in [5.41, 5.74) is -2.30. The van der Waals surface area contributed by atoms with Gasteiger partial charge in [0.05, 0.1) is 24.2 Å². The van der Waals surface area contributed by atoms with Gasteiger partial charge in [-0.15, -0.1) is 0 Å². The van der Waals surface area contributed by atoms with Gasteiger partial charge in [-0.05, 0) is 37.0 Å². The fourth-order valence-corrected chi connectivity index (χ4v) is 5.25. The molecule has 0 radical (unpaired) electrons. The lowest BCUT2D eigenvalue weighted by Gasteiger charge is -2.43. The van der Waals surface area contributed by atoms with Gasteiger partial charge in [-0.1, -0.05) is 11.6 Å². The summed E-state index contributed by atoms with van der Waals surface area (Å²) in [7, 11) is 0. The van der Waals surface area contributed by atoms with E-state index in [1.165, 1.54) is 4.90 Å². The lowest BCUT2D eigenvalue weighted by molar-refractivity contribution is -0.292. The fraction of sp³-hybridized carbons (Fsp3) is 0.571. The number of rotatable bonds is 3. The van der Waals surface area contributed by atoms with Crippen LogP contribution in [-0.4, -0.2) is 80.0 Å². The number of aromatic nitrogens is 2. The third-order valence-electron chi connectivity index (χ3n) is 7.07. The summed E-state index contributed by atoms with van der Waals surface area (Å²) in [5, 5.41) is 18.0. The lowest BCUT2D eigenvalue weighted by atomic mass is 9.88. The van der Waals surface area contributed by atoms with E-state index in [1.54, 1.807) is 18.2 Å². The molecule has 1 aliphatic carbocycles. The molecule has 0 unspecified atom stereocenters. The molecule has 3 heterocycles. The summed E-state index contributed by atoms with van der Waals surface area (Å²) < 4.78 is 53.6. The minimum Gasteiger partial charge on any atom is -0.378 e. The molecule has 3 aliphatic rings. The van der Waals surface area contributed by atoms with Crippen LogP contribution in [0.5, 0.6) is 0 Å². The van der Waals surface area contributed by atoms with Crippen molar-refractivity contribution in [3.63, 3.8) is 0 Å². The molecule has 2 saturated heterocycles. The number of amides is 2. The second-order valence-electron chi connectivity index (χ2n) is 9.08. The van der Waals surface area contributed by atoms with E-state index >= 15 is 0 Å². The first-order chi connectivity index (χ1) is 15.5. The van der Waals surface area contributed by atoms with Crippen LogP contribution in [0.4, 0.5) is 17.6 Å². The number of alkyl halides is 4. The molecule has 178 valence electrons. The van der Waals surface area contributed by atoms with Gasteiger partial charge in [0.25, 0.3) is 0 Å². The Kier molecular flexibility index (Phi) is 5.13. The molecule has 7 nitrogen and oxygen atoms in total. The molecule has 2 N–H and O–H groups in total. The average Bonchev–Trinajstić information content (AvgIpc) is 3.23. The maximum absolute atomic E-state index is 14.3. The summed E-state index contributed by atoms with van der Waals surface area (Å²) in [5.74, 6) is -0.735. The Morgan fingerprint density at radius 1 is 1.30 bits per heavy atom. The second kappa shape index (κ2) is 7.56. The number of nitrogens with one attached hydrogen (secondary N) is 1. The lowest BCUT2D eigenvalue weighted by Crippen LogP contribution is -2.63. The predicted octanol–water partition coefficient (Wildman–Crippen LogP) is 2.61. The van der Waals surface area contributed by atoms with Crippen molar-refractivity contribution in [2.45, 2.75) is 55.7 Å². The van der Waals surface area contributed by atoms with Crippen LogP contribution < -0.4 is 0 Å². The quantitative estimate of drug-likeness (QED) is 0.650. The summed E-state index contributed by atoms with van der Waals surface area (Å²) in [6.07, 6.45) is -7.61. The van der Waals surface area contributed by atoms with Crippen LogP contribution in [0.15, 0.2) is 18.2 Å². The minimum absolute atomic E-state index is 0.0370. The molecule has 1 aromatic heterocycles. The molecule has 2 aromatic rings. The number of carbonyl (C=O) groups excluding carboxylic acids is 2.